The van der Waals surface area contributed by atoms with Gasteiger partial charge < -0.3 is 9.47 Å². The highest BCUT2D eigenvalue weighted by atomic mass is 16.6. The Morgan fingerprint density at radius 3 is 2.81 bits per heavy atom. The van der Waals surface area contributed by atoms with Crippen LogP contribution in [-0.2, 0) is 19.1 Å². The van der Waals surface area contributed by atoms with Crippen LogP contribution in [-0.4, -0.2) is 24.6 Å². The quantitative estimate of drug-likeness (QED) is 0.526. The molecule has 0 spiro atoms. The van der Waals surface area contributed by atoms with Gasteiger partial charge >= 0.3 is 11.9 Å². The summed E-state index contributed by atoms with van der Waals surface area (Å²) >= 11 is 0. The van der Waals surface area contributed by atoms with Crippen LogP contribution >= 0.6 is 0 Å². The van der Waals surface area contributed by atoms with Crippen LogP contribution in [0.4, 0.5) is 0 Å². The number of hydrogen-bond donors (Lipinski definition) is 0. The molecule has 2 aliphatic carbocycles. The van der Waals surface area contributed by atoms with E-state index in [2.05, 4.69) is 0 Å². The topological polar surface area (TPSA) is 52.6 Å². The van der Waals surface area contributed by atoms with Crippen LogP contribution in [0.15, 0.2) is 0 Å². The molecule has 3 fully saturated rings. The summed E-state index contributed by atoms with van der Waals surface area (Å²) in [5.74, 6) is -0.630. The lowest BCUT2D eigenvalue weighted by Crippen LogP contribution is -2.65. The Labute approximate surface area is 94.3 Å². The standard InChI is InChI=1S/C12H16O4/c1-2-15-8-7-11-5-3-4-6-12(8,11)10(14)16-9(11)13/h8H,2-7H2,1H3/t8-,11-,12-/m1/s1. The Morgan fingerprint density at radius 2 is 2.06 bits per heavy atom. The van der Waals surface area contributed by atoms with Gasteiger partial charge in [0.2, 0.25) is 0 Å². The summed E-state index contributed by atoms with van der Waals surface area (Å²) < 4.78 is 10.5. The predicted molar refractivity (Wildman–Crippen MR) is 54.5 cm³/mol. The molecule has 0 N–H and O–H groups in total. The molecule has 88 valence electrons. The van der Waals surface area contributed by atoms with Crippen molar-refractivity contribution in [2.75, 3.05) is 6.61 Å². The summed E-state index contributed by atoms with van der Waals surface area (Å²) in [5.41, 5.74) is -1.15. The first-order valence-electron chi connectivity index (χ1n) is 6.06. The molecule has 16 heavy (non-hydrogen) atoms. The maximum Gasteiger partial charge on any atom is 0.323 e. The average molecular weight is 224 g/mol. The molecule has 0 aromatic rings. The number of carbonyl (C=O) groups is 2. The third-order valence-corrected chi connectivity index (χ3v) is 4.67. The molecule has 4 nitrogen and oxygen atoms in total. The fourth-order valence-corrected chi connectivity index (χ4v) is 3.88. The van der Waals surface area contributed by atoms with Crippen molar-refractivity contribution in [3.63, 3.8) is 0 Å². The van der Waals surface area contributed by atoms with Gasteiger partial charge in [-0.05, 0) is 26.2 Å². The third-order valence-electron chi connectivity index (χ3n) is 4.67. The van der Waals surface area contributed by atoms with Gasteiger partial charge in [-0.3, -0.25) is 9.59 Å². The van der Waals surface area contributed by atoms with E-state index in [1.54, 1.807) is 0 Å². The first-order valence-corrected chi connectivity index (χ1v) is 6.06. The zero-order valence-electron chi connectivity index (χ0n) is 9.45. The number of hydrogen-bond acceptors (Lipinski definition) is 4. The summed E-state index contributed by atoms with van der Waals surface area (Å²) in [7, 11) is 0. The van der Waals surface area contributed by atoms with Gasteiger partial charge in [0, 0.05) is 6.61 Å². The minimum Gasteiger partial charge on any atom is -0.392 e. The summed E-state index contributed by atoms with van der Waals surface area (Å²) in [6.07, 6.45) is 4.13. The fraction of sp³-hybridized carbons (Fsp3) is 0.833. The SMILES string of the molecule is CCO[C@@H]1C[C@@]23CCCC[C@]12C(=O)OC3=O. The lowest BCUT2D eigenvalue weighted by Gasteiger charge is -2.57. The normalized spacial score (nSPS) is 45.7. The van der Waals surface area contributed by atoms with Gasteiger partial charge in [0.05, 0.1) is 11.5 Å². The highest BCUT2D eigenvalue weighted by molar-refractivity contribution is 6.04. The highest BCUT2D eigenvalue weighted by Crippen LogP contribution is 2.69. The van der Waals surface area contributed by atoms with Gasteiger partial charge in [0.15, 0.2) is 0 Å². The van der Waals surface area contributed by atoms with Gasteiger partial charge in [-0.1, -0.05) is 12.8 Å². The van der Waals surface area contributed by atoms with Gasteiger partial charge in [-0.2, -0.15) is 0 Å². The second-order valence-electron chi connectivity index (χ2n) is 5.09. The number of rotatable bonds is 2. The minimum atomic E-state index is -0.627. The Bertz CT molecular complexity index is 364. The second kappa shape index (κ2) is 3.06. The molecule has 0 amide bonds. The second-order valence-corrected chi connectivity index (χ2v) is 5.09. The molecular formula is C12H16O4. The molecule has 0 aromatic heterocycles. The van der Waals surface area contributed by atoms with E-state index >= 15 is 0 Å². The largest absolute Gasteiger partial charge is 0.392 e. The Hall–Kier alpha value is -0.900. The Balaban J connectivity index is 2.01. The Kier molecular flexibility index (Phi) is 1.97. The number of ether oxygens (including phenoxy) is 2. The van der Waals surface area contributed by atoms with Crippen molar-refractivity contribution in [2.24, 2.45) is 10.8 Å². The molecule has 1 aliphatic heterocycles. The molecule has 0 radical (unpaired) electrons. The molecule has 4 heteroatoms. The zero-order valence-corrected chi connectivity index (χ0v) is 9.45. The molecular weight excluding hydrogens is 208 g/mol. The lowest BCUT2D eigenvalue weighted by molar-refractivity contribution is -0.210. The smallest absolute Gasteiger partial charge is 0.323 e. The zero-order chi connectivity index (χ0) is 11.4. The highest BCUT2D eigenvalue weighted by Gasteiger charge is 2.79. The fourth-order valence-electron chi connectivity index (χ4n) is 3.88. The van der Waals surface area contributed by atoms with Crippen molar-refractivity contribution in [3.8, 4) is 0 Å². The number of esters is 2. The van der Waals surface area contributed by atoms with Crippen molar-refractivity contribution in [1.82, 2.24) is 0 Å². The molecule has 1 heterocycles. The maximum atomic E-state index is 12.0. The van der Waals surface area contributed by atoms with Crippen LogP contribution < -0.4 is 0 Å². The van der Waals surface area contributed by atoms with E-state index < -0.39 is 10.8 Å². The van der Waals surface area contributed by atoms with E-state index in [9.17, 15) is 9.59 Å². The van der Waals surface area contributed by atoms with Crippen LogP contribution in [0, 0.1) is 10.8 Å². The molecule has 3 rings (SSSR count). The summed E-state index contributed by atoms with van der Waals surface area (Å²) in [6, 6.07) is 0. The van der Waals surface area contributed by atoms with Crippen molar-refractivity contribution >= 4 is 11.9 Å². The van der Waals surface area contributed by atoms with Gasteiger partial charge in [0.25, 0.3) is 0 Å². The molecule has 2 saturated carbocycles. The summed E-state index contributed by atoms with van der Waals surface area (Å²) in [4.78, 5) is 23.8. The number of cyclic esters (lactones) is 2. The average Bonchev–Trinajstić information content (AvgIpc) is 2.42. The third kappa shape index (κ3) is 0.865. The number of carbonyl (C=O) groups excluding carboxylic acids is 2. The van der Waals surface area contributed by atoms with E-state index in [-0.39, 0.29) is 18.0 Å². The van der Waals surface area contributed by atoms with Crippen LogP contribution in [0.5, 0.6) is 0 Å². The van der Waals surface area contributed by atoms with E-state index in [1.807, 2.05) is 6.92 Å². The molecule has 1 saturated heterocycles. The van der Waals surface area contributed by atoms with Gasteiger partial charge in [-0.15, -0.1) is 0 Å². The monoisotopic (exact) mass is 224 g/mol. The van der Waals surface area contributed by atoms with Crippen LogP contribution in [0.3, 0.4) is 0 Å². The molecule has 0 unspecified atom stereocenters. The summed E-state index contributed by atoms with van der Waals surface area (Å²) in [6.45, 7) is 2.51. The molecule has 0 bridgehead atoms. The molecule has 3 atom stereocenters. The van der Waals surface area contributed by atoms with E-state index in [4.69, 9.17) is 9.47 Å². The predicted octanol–water partition coefficient (Wildman–Crippen LogP) is 1.43. The van der Waals surface area contributed by atoms with Crippen LogP contribution in [0.25, 0.3) is 0 Å². The first kappa shape index (κ1) is 10.3. The van der Waals surface area contributed by atoms with Gasteiger partial charge in [-0.25, -0.2) is 0 Å². The van der Waals surface area contributed by atoms with Crippen molar-refractivity contribution in [2.45, 2.75) is 45.1 Å². The van der Waals surface area contributed by atoms with Crippen molar-refractivity contribution < 1.29 is 19.1 Å². The Morgan fingerprint density at radius 1 is 1.31 bits per heavy atom. The summed E-state index contributed by atoms with van der Waals surface area (Å²) in [5, 5.41) is 0. The molecule has 0 aromatic carbocycles. The van der Waals surface area contributed by atoms with Gasteiger partial charge in [0.1, 0.15) is 5.41 Å². The molecule has 3 aliphatic rings. The maximum absolute atomic E-state index is 12.0. The lowest BCUT2D eigenvalue weighted by atomic mass is 9.43. The minimum absolute atomic E-state index is 0.100. The van der Waals surface area contributed by atoms with Crippen LogP contribution in [0.2, 0.25) is 0 Å². The van der Waals surface area contributed by atoms with Crippen LogP contribution in [0.1, 0.15) is 39.0 Å². The van der Waals surface area contributed by atoms with E-state index in [0.29, 0.717) is 13.0 Å². The van der Waals surface area contributed by atoms with Crippen molar-refractivity contribution in [3.05, 3.63) is 0 Å². The first-order chi connectivity index (χ1) is 7.67. The van der Waals surface area contributed by atoms with E-state index in [1.165, 1.54) is 0 Å². The van der Waals surface area contributed by atoms with Crippen molar-refractivity contribution in [1.29, 1.82) is 0 Å². The van der Waals surface area contributed by atoms with E-state index in [0.717, 1.165) is 25.7 Å².